The molecule has 1 aliphatic rings. The maximum atomic E-state index is 6.25. The van der Waals surface area contributed by atoms with Gasteiger partial charge in [0.15, 0.2) is 0 Å². The number of nitrogens with two attached hydrogens (primary N) is 1. The van der Waals surface area contributed by atoms with Crippen LogP contribution in [0.3, 0.4) is 0 Å². The van der Waals surface area contributed by atoms with Gasteiger partial charge in [-0.15, -0.1) is 0 Å². The fourth-order valence-electron chi connectivity index (χ4n) is 3.07. The summed E-state index contributed by atoms with van der Waals surface area (Å²) in [6, 6.07) is 17.0. The summed E-state index contributed by atoms with van der Waals surface area (Å²) < 4.78 is 0. The van der Waals surface area contributed by atoms with Crippen LogP contribution in [-0.4, -0.2) is 11.9 Å². The summed E-state index contributed by atoms with van der Waals surface area (Å²) in [6.45, 7) is 0.839. The first-order valence-corrected chi connectivity index (χ1v) is 7.32. The van der Waals surface area contributed by atoms with E-state index in [0.717, 1.165) is 23.6 Å². The van der Waals surface area contributed by atoms with Crippen molar-refractivity contribution in [2.75, 3.05) is 7.05 Å². The summed E-state index contributed by atoms with van der Waals surface area (Å²) in [5, 5.41) is 0.829. The minimum Gasteiger partial charge on any atom is -0.324 e. The molecule has 0 fully saturated rings. The van der Waals surface area contributed by atoms with Crippen LogP contribution in [0.15, 0.2) is 48.5 Å². The highest BCUT2D eigenvalue weighted by Gasteiger charge is 2.30. The molecule has 2 nitrogen and oxygen atoms in total. The summed E-state index contributed by atoms with van der Waals surface area (Å²) in [6.07, 6.45) is 0.973. The van der Waals surface area contributed by atoms with E-state index in [1.165, 1.54) is 11.1 Å². The third-order valence-electron chi connectivity index (χ3n) is 4.14. The summed E-state index contributed by atoms with van der Waals surface area (Å²) in [5.74, 6) is 0. The lowest BCUT2D eigenvalue weighted by Gasteiger charge is -2.25. The Kier molecular flexibility index (Phi) is 3.79. The molecule has 3 heteroatoms. The first-order chi connectivity index (χ1) is 9.66. The molecule has 0 spiro atoms. The Morgan fingerprint density at radius 1 is 1.10 bits per heavy atom. The van der Waals surface area contributed by atoms with Gasteiger partial charge in [-0.1, -0.05) is 54.1 Å². The Hall–Kier alpha value is -1.35. The molecule has 0 aromatic heterocycles. The zero-order valence-electron chi connectivity index (χ0n) is 11.6. The molecule has 2 atom stereocenters. The molecule has 0 amide bonds. The van der Waals surface area contributed by atoms with Crippen LogP contribution in [0.25, 0.3) is 0 Å². The van der Waals surface area contributed by atoms with E-state index < -0.39 is 0 Å². The van der Waals surface area contributed by atoms with Gasteiger partial charge in [-0.3, -0.25) is 4.90 Å². The van der Waals surface area contributed by atoms with Crippen molar-refractivity contribution in [2.24, 2.45) is 5.73 Å². The third-order valence-corrected chi connectivity index (χ3v) is 4.51. The van der Waals surface area contributed by atoms with E-state index in [2.05, 4.69) is 42.3 Å². The van der Waals surface area contributed by atoms with Gasteiger partial charge >= 0.3 is 0 Å². The molecule has 0 bridgehead atoms. The van der Waals surface area contributed by atoms with Crippen LogP contribution in [0.5, 0.6) is 0 Å². The van der Waals surface area contributed by atoms with Crippen LogP contribution in [0.2, 0.25) is 5.02 Å². The number of hydrogen-bond donors (Lipinski definition) is 1. The van der Waals surface area contributed by atoms with Gasteiger partial charge in [0.05, 0.1) is 0 Å². The fraction of sp³-hybridized carbons (Fsp3) is 0.294. The molecule has 0 saturated carbocycles. The van der Waals surface area contributed by atoms with E-state index in [0.29, 0.717) is 6.04 Å². The highest BCUT2D eigenvalue weighted by Crippen LogP contribution is 2.40. The number of hydrogen-bond acceptors (Lipinski definition) is 2. The largest absolute Gasteiger partial charge is 0.324 e. The SMILES string of the molecule is CN(Cc1ccccc1Cl)C1CC(N)c2ccccc21. The first-order valence-electron chi connectivity index (χ1n) is 6.95. The van der Waals surface area contributed by atoms with Gasteiger partial charge in [0, 0.05) is 23.7 Å². The van der Waals surface area contributed by atoms with Gasteiger partial charge in [0.25, 0.3) is 0 Å². The lowest BCUT2D eigenvalue weighted by atomic mass is 10.1. The molecule has 20 heavy (non-hydrogen) atoms. The standard InChI is InChI=1S/C17H19ClN2/c1-20(11-12-6-2-5-9-15(12)18)17-10-16(19)13-7-3-4-8-14(13)17/h2-9,16-17H,10-11,19H2,1H3. The van der Waals surface area contributed by atoms with Gasteiger partial charge in [-0.05, 0) is 36.2 Å². The van der Waals surface area contributed by atoms with Crippen molar-refractivity contribution in [1.29, 1.82) is 0 Å². The highest BCUT2D eigenvalue weighted by atomic mass is 35.5. The highest BCUT2D eigenvalue weighted by molar-refractivity contribution is 6.31. The second-order valence-electron chi connectivity index (χ2n) is 5.49. The molecule has 0 saturated heterocycles. The summed E-state index contributed by atoms with van der Waals surface area (Å²) in [4.78, 5) is 2.34. The van der Waals surface area contributed by atoms with Crippen molar-refractivity contribution in [3.63, 3.8) is 0 Å². The Balaban J connectivity index is 1.83. The molecule has 104 valence electrons. The van der Waals surface area contributed by atoms with Gasteiger partial charge in [-0.2, -0.15) is 0 Å². The second-order valence-corrected chi connectivity index (χ2v) is 5.90. The smallest absolute Gasteiger partial charge is 0.0451 e. The van der Waals surface area contributed by atoms with Crippen LogP contribution in [0, 0.1) is 0 Å². The van der Waals surface area contributed by atoms with Crippen LogP contribution < -0.4 is 5.73 Å². The van der Waals surface area contributed by atoms with E-state index in [9.17, 15) is 0 Å². The maximum absolute atomic E-state index is 6.25. The minimum atomic E-state index is 0.143. The quantitative estimate of drug-likeness (QED) is 0.927. The molecule has 3 rings (SSSR count). The number of rotatable bonds is 3. The van der Waals surface area contributed by atoms with E-state index in [1.54, 1.807) is 0 Å². The Morgan fingerprint density at radius 3 is 2.50 bits per heavy atom. The first kappa shape index (κ1) is 13.6. The number of halogens is 1. The fourth-order valence-corrected chi connectivity index (χ4v) is 3.26. The monoisotopic (exact) mass is 286 g/mol. The average Bonchev–Trinajstić information content (AvgIpc) is 2.79. The zero-order chi connectivity index (χ0) is 14.1. The van der Waals surface area contributed by atoms with Crippen LogP contribution in [0.4, 0.5) is 0 Å². The molecule has 0 aliphatic heterocycles. The van der Waals surface area contributed by atoms with Crippen LogP contribution >= 0.6 is 11.6 Å². The predicted octanol–water partition coefficient (Wildman–Crippen LogP) is 3.92. The van der Waals surface area contributed by atoms with Gasteiger partial charge in [0.1, 0.15) is 0 Å². The molecule has 1 aliphatic carbocycles. The second kappa shape index (κ2) is 5.57. The molecule has 0 radical (unpaired) electrons. The van der Waals surface area contributed by atoms with E-state index in [4.69, 9.17) is 17.3 Å². The summed E-state index contributed by atoms with van der Waals surface area (Å²) in [5.41, 5.74) is 10.0. The molecular weight excluding hydrogens is 268 g/mol. The lowest BCUT2D eigenvalue weighted by Crippen LogP contribution is -2.23. The number of fused-ring (bicyclic) bond motifs is 1. The lowest BCUT2D eigenvalue weighted by molar-refractivity contribution is 0.229. The molecule has 2 unspecified atom stereocenters. The van der Waals surface area contributed by atoms with Crippen molar-refractivity contribution < 1.29 is 0 Å². The van der Waals surface area contributed by atoms with Crippen LogP contribution in [-0.2, 0) is 6.54 Å². The normalized spacial score (nSPS) is 21.2. The summed E-state index contributed by atoms with van der Waals surface area (Å²) in [7, 11) is 2.14. The van der Waals surface area contributed by atoms with Crippen molar-refractivity contribution in [3.8, 4) is 0 Å². The molecule has 2 aromatic rings. The van der Waals surface area contributed by atoms with Crippen LogP contribution in [0.1, 0.15) is 35.2 Å². The Bertz CT molecular complexity index is 611. The van der Waals surface area contributed by atoms with Crippen molar-refractivity contribution in [3.05, 3.63) is 70.2 Å². The van der Waals surface area contributed by atoms with E-state index in [1.807, 2.05) is 18.2 Å². The van der Waals surface area contributed by atoms with E-state index in [-0.39, 0.29) is 6.04 Å². The molecule has 2 aromatic carbocycles. The maximum Gasteiger partial charge on any atom is 0.0451 e. The zero-order valence-corrected chi connectivity index (χ0v) is 12.3. The Morgan fingerprint density at radius 2 is 1.75 bits per heavy atom. The third kappa shape index (κ3) is 2.47. The van der Waals surface area contributed by atoms with Gasteiger partial charge in [0.2, 0.25) is 0 Å². The molecule has 0 heterocycles. The minimum absolute atomic E-state index is 0.143. The van der Waals surface area contributed by atoms with E-state index >= 15 is 0 Å². The summed E-state index contributed by atoms with van der Waals surface area (Å²) >= 11 is 6.25. The number of nitrogens with zero attached hydrogens (tertiary/aromatic N) is 1. The van der Waals surface area contributed by atoms with Crippen molar-refractivity contribution in [2.45, 2.75) is 25.0 Å². The predicted molar refractivity (Wildman–Crippen MR) is 83.6 cm³/mol. The van der Waals surface area contributed by atoms with Gasteiger partial charge in [-0.25, -0.2) is 0 Å². The Labute approximate surface area is 125 Å². The molecule has 2 N–H and O–H groups in total. The van der Waals surface area contributed by atoms with Crippen molar-refractivity contribution in [1.82, 2.24) is 4.90 Å². The van der Waals surface area contributed by atoms with Gasteiger partial charge < -0.3 is 5.73 Å². The van der Waals surface area contributed by atoms with Crippen molar-refractivity contribution >= 4 is 11.6 Å². The number of benzene rings is 2. The average molecular weight is 287 g/mol. The topological polar surface area (TPSA) is 29.3 Å². The molecular formula is C17H19ClN2.